The molecule has 2 rings (SSSR count). The third-order valence-corrected chi connectivity index (χ3v) is 3.27. The number of nitrogen functional groups attached to an aromatic ring is 2. The summed E-state index contributed by atoms with van der Waals surface area (Å²) in [5.41, 5.74) is 15.6. The van der Waals surface area contributed by atoms with Crippen molar-refractivity contribution < 1.29 is 0 Å². The van der Waals surface area contributed by atoms with Crippen LogP contribution in [0.5, 0.6) is 0 Å². The fraction of sp³-hybridized carbons (Fsp3) is 0.200. The Labute approximate surface area is 102 Å². The molecule has 2 aromatic carbocycles. The van der Waals surface area contributed by atoms with Gasteiger partial charge in [-0.25, -0.2) is 0 Å². The summed E-state index contributed by atoms with van der Waals surface area (Å²) in [5.74, 6) is 0. The van der Waals surface area contributed by atoms with Gasteiger partial charge >= 0.3 is 0 Å². The predicted octanol–water partition coefficient (Wildman–Crippen LogP) is 3.18. The van der Waals surface area contributed by atoms with E-state index in [9.17, 15) is 0 Å². The van der Waals surface area contributed by atoms with Gasteiger partial charge in [-0.1, -0.05) is 44.2 Å². The van der Waals surface area contributed by atoms with Crippen LogP contribution in [0, 0.1) is 0 Å². The second-order valence-electron chi connectivity index (χ2n) is 4.83. The molecule has 0 aliphatic rings. The number of rotatable bonds is 2. The van der Waals surface area contributed by atoms with Gasteiger partial charge in [0.1, 0.15) is 0 Å². The Kier molecular flexibility index (Phi) is 2.80. The SMILES string of the molecule is CC(C)(c1ccc(N)cc1)c1ccccc1N. The van der Waals surface area contributed by atoms with Crippen molar-refractivity contribution in [2.24, 2.45) is 0 Å². The molecule has 0 radical (unpaired) electrons. The molecule has 0 heterocycles. The fourth-order valence-corrected chi connectivity index (χ4v) is 2.12. The van der Waals surface area contributed by atoms with E-state index in [2.05, 4.69) is 32.0 Å². The average molecular weight is 226 g/mol. The Morgan fingerprint density at radius 3 is 2.00 bits per heavy atom. The molecule has 0 amide bonds. The number of hydrogen-bond donors (Lipinski definition) is 2. The average Bonchev–Trinajstić information content (AvgIpc) is 2.30. The van der Waals surface area contributed by atoms with Gasteiger partial charge in [-0.15, -0.1) is 0 Å². The standard InChI is InChI=1S/C15H18N2/c1-15(2,11-7-9-12(16)10-8-11)13-5-3-4-6-14(13)17/h3-10H,16-17H2,1-2H3. The van der Waals surface area contributed by atoms with Crippen LogP contribution in [0.1, 0.15) is 25.0 Å². The number of benzene rings is 2. The van der Waals surface area contributed by atoms with Gasteiger partial charge in [0.2, 0.25) is 0 Å². The molecule has 0 saturated heterocycles. The Hall–Kier alpha value is -1.96. The van der Waals surface area contributed by atoms with Crippen molar-refractivity contribution in [2.45, 2.75) is 19.3 Å². The molecule has 0 saturated carbocycles. The number of anilines is 2. The van der Waals surface area contributed by atoms with Crippen LogP contribution < -0.4 is 11.5 Å². The number of nitrogens with two attached hydrogens (primary N) is 2. The lowest BCUT2D eigenvalue weighted by atomic mass is 9.77. The first-order valence-corrected chi connectivity index (χ1v) is 5.73. The van der Waals surface area contributed by atoms with E-state index in [0.29, 0.717) is 0 Å². The Bertz CT molecular complexity index is 513. The van der Waals surface area contributed by atoms with Gasteiger partial charge in [-0.05, 0) is 29.3 Å². The fourth-order valence-electron chi connectivity index (χ4n) is 2.12. The predicted molar refractivity (Wildman–Crippen MR) is 73.8 cm³/mol. The third kappa shape index (κ3) is 2.11. The van der Waals surface area contributed by atoms with Crippen LogP contribution in [0.4, 0.5) is 11.4 Å². The molecule has 0 spiro atoms. The van der Waals surface area contributed by atoms with Crippen molar-refractivity contribution in [1.29, 1.82) is 0 Å². The van der Waals surface area contributed by atoms with E-state index < -0.39 is 0 Å². The highest BCUT2D eigenvalue weighted by molar-refractivity contribution is 5.55. The Morgan fingerprint density at radius 1 is 0.824 bits per heavy atom. The van der Waals surface area contributed by atoms with Gasteiger partial charge in [0.15, 0.2) is 0 Å². The Morgan fingerprint density at radius 2 is 1.41 bits per heavy atom. The van der Waals surface area contributed by atoms with Crippen molar-refractivity contribution in [2.75, 3.05) is 11.5 Å². The highest BCUT2D eigenvalue weighted by atomic mass is 14.6. The molecule has 0 aliphatic carbocycles. The first-order valence-electron chi connectivity index (χ1n) is 5.73. The maximum atomic E-state index is 6.05. The van der Waals surface area contributed by atoms with Gasteiger partial charge in [0, 0.05) is 16.8 Å². The van der Waals surface area contributed by atoms with E-state index in [-0.39, 0.29) is 5.41 Å². The molecule has 88 valence electrons. The molecule has 0 bridgehead atoms. The van der Waals surface area contributed by atoms with E-state index in [1.165, 1.54) is 5.56 Å². The summed E-state index contributed by atoms with van der Waals surface area (Å²) in [5, 5.41) is 0. The molecular formula is C15H18N2. The molecule has 0 fully saturated rings. The lowest BCUT2D eigenvalue weighted by Gasteiger charge is -2.27. The zero-order chi connectivity index (χ0) is 12.5. The maximum absolute atomic E-state index is 6.05. The molecule has 0 aliphatic heterocycles. The number of para-hydroxylation sites is 1. The van der Waals surface area contributed by atoms with Crippen LogP contribution in [0.15, 0.2) is 48.5 Å². The normalized spacial score (nSPS) is 11.4. The third-order valence-electron chi connectivity index (χ3n) is 3.27. The summed E-state index contributed by atoms with van der Waals surface area (Å²) in [6.45, 7) is 4.34. The molecule has 2 nitrogen and oxygen atoms in total. The van der Waals surface area contributed by atoms with E-state index in [0.717, 1.165) is 16.9 Å². The van der Waals surface area contributed by atoms with Crippen LogP contribution in [0.3, 0.4) is 0 Å². The van der Waals surface area contributed by atoms with Crippen molar-refractivity contribution in [1.82, 2.24) is 0 Å². The minimum atomic E-state index is -0.112. The van der Waals surface area contributed by atoms with Crippen molar-refractivity contribution in [3.63, 3.8) is 0 Å². The highest BCUT2D eigenvalue weighted by Crippen LogP contribution is 2.34. The molecule has 4 N–H and O–H groups in total. The van der Waals surface area contributed by atoms with Crippen molar-refractivity contribution in [3.05, 3.63) is 59.7 Å². The second-order valence-corrected chi connectivity index (χ2v) is 4.83. The van der Waals surface area contributed by atoms with E-state index in [1.54, 1.807) is 0 Å². The van der Waals surface area contributed by atoms with Crippen LogP contribution >= 0.6 is 0 Å². The topological polar surface area (TPSA) is 52.0 Å². The van der Waals surface area contributed by atoms with Crippen LogP contribution in [-0.2, 0) is 5.41 Å². The molecule has 2 heteroatoms. The summed E-state index contributed by atoms with van der Waals surface area (Å²) >= 11 is 0. The summed E-state index contributed by atoms with van der Waals surface area (Å²) in [7, 11) is 0. The second kappa shape index (κ2) is 4.13. The van der Waals surface area contributed by atoms with Gasteiger partial charge < -0.3 is 11.5 Å². The van der Waals surface area contributed by atoms with Gasteiger partial charge in [0.25, 0.3) is 0 Å². The van der Waals surface area contributed by atoms with Crippen molar-refractivity contribution >= 4 is 11.4 Å². The molecule has 0 unspecified atom stereocenters. The Balaban J connectivity index is 2.49. The van der Waals surface area contributed by atoms with Gasteiger partial charge in [-0.3, -0.25) is 0 Å². The molecule has 0 aromatic heterocycles. The smallest absolute Gasteiger partial charge is 0.0355 e. The molecule has 17 heavy (non-hydrogen) atoms. The van der Waals surface area contributed by atoms with E-state index in [4.69, 9.17) is 11.5 Å². The number of hydrogen-bond acceptors (Lipinski definition) is 2. The summed E-state index contributed by atoms with van der Waals surface area (Å²) < 4.78 is 0. The summed E-state index contributed by atoms with van der Waals surface area (Å²) in [6.07, 6.45) is 0. The minimum absolute atomic E-state index is 0.112. The monoisotopic (exact) mass is 226 g/mol. The lowest BCUT2D eigenvalue weighted by molar-refractivity contribution is 0.643. The zero-order valence-electron chi connectivity index (χ0n) is 10.3. The first-order chi connectivity index (χ1) is 8.01. The van der Waals surface area contributed by atoms with E-state index in [1.807, 2.05) is 30.3 Å². The van der Waals surface area contributed by atoms with Gasteiger partial charge in [0.05, 0.1) is 0 Å². The quantitative estimate of drug-likeness (QED) is 0.773. The molecule has 0 atom stereocenters. The summed E-state index contributed by atoms with van der Waals surface area (Å²) in [4.78, 5) is 0. The van der Waals surface area contributed by atoms with Crippen LogP contribution in [-0.4, -0.2) is 0 Å². The molecule has 2 aromatic rings. The highest BCUT2D eigenvalue weighted by Gasteiger charge is 2.24. The minimum Gasteiger partial charge on any atom is -0.399 e. The van der Waals surface area contributed by atoms with Gasteiger partial charge in [-0.2, -0.15) is 0 Å². The molecular weight excluding hydrogens is 208 g/mol. The van der Waals surface area contributed by atoms with Crippen molar-refractivity contribution in [3.8, 4) is 0 Å². The lowest BCUT2D eigenvalue weighted by Crippen LogP contribution is -2.20. The van der Waals surface area contributed by atoms with Crippen LogP contribution in [0.2, 0.25) is 0 Å². The van der Waals surface area contributed by atoms with E-state index >= 15 is 0 Å². The first kappa shape index (κ1) is 11.5. The zero-order valence-corrected chi connectivity index (χ0v) is 10.3. The largest absolute Gasteiger partial charge is 0.399 e. The maximum Gasteiger partial charge on any atom is 0.0355 e. The van der Waals surface area contributed by atoms with Crippen LogP contribution in [0.25, 0.3) is 0 Å². The summed E-state index contributed by atoms with van der Waals surface area (Å²) in [6, 6.07) is 16.0.